The fourth-order valence-electron chi connectivity index (χ4n) is 2.92. The number of fused-ring (bicyclic) bond motifs is 3. The van der Waals surface area contributed by atoms with Crippen LogP contribution in [0, 0.1) is 11.6 Å². The average Bonchev–Trinajstić information content (AvgIpc) is 2.96. The van der Waals surface area contributed by atoms with Crippen LogP contribution in [0.15, 0.2) is 24.3 Å². The maximum atomic E-state index is 14.9. The van der Waals surface area contributed by atoms with Gasteiger partial charge in [0.05, 0.1) is 28.2 Å². The molecule has 1 saturated heterocycles. The van der Waals surface area contributed by atoms with Crippen molar-refractivity contribution in [1.29, 1.82) is 0 Å². The van der Waals surface area contributed by atoms with E-state index in [1.807, 2.05) is 0 Å². The van der Waals surface area contributed by atoms with E-state index < -0.39 is 29.7 Å². The summed E-state index contributed by atoms with van der Waals surface area (Å²) in [4.78, 5) is 0. The molecule has 0 radical (unpaired) electrons. The molecule has 1 aliphatic heterocycles. The fraction of sp³-hybridized carbons (Fsp3) is 0.294. The largest absolute Gasteiger partial charge is 0.419 e. The van der Waals surface area contributed by atoms with Crippen LogP contribution in [0.25, 0.3) is 20.2 Å². The Morgan fingerprint density at radius 2 is 1.48 bits per heavy atom. The van der Waals surface area contributed by atoms with Crippen molar-refractivity contribution in [2.75, 3.05) is 13.2 Å². The van der Waals surface area contributed by atoms with Gasteiger partial charge in [0, 0.05) is 16.3 Å². The first-order valence-electron chi connectivity index (χ1n) is 7.51. The van der Waals surface area contributed by atoms with Gasteiger partial charge in [-0.3, -0.25) is 0 Å². The quantitative estimate of drug-likeness (QED) is 0.502. The molecule has 0 bridgehead atoms. The van der Waals surface area contributed by atoms with Crippen molar-refractivity contribution < 1.29 is 31.4 Å². The Hall–Kier alpha value is -1.77. The highest BCUT2D eigenvalue weighted by Crippen LogP contribution is 2.43. The lowest BCUT2D eigenvalue weighted by atomic mass is 10.1. The molecule has 0 N–H and O–H groups in total. The molecule has 2 aromatic carbocycles. The van der Waals surface area contributed by atoms with Crippen LogP contribution in [-0.2, 0) is 15.7 Å². The van der Waals surface area contributed by atoms with Crippen molar-refractivity contribution in [2.24, 2.45) is 0 Å². The van der Waals surface area contributed by atoms with E-state index in [0.717, 1.165) is 0 Å². The Balaban J connectivity index is 1.92. The van der Waals surface area contributed by atoms with Crippen LogP contribution in [0.4, 0.5) is 22.0 Å². The molecule has 1 aromatic heterocycles. The highest BCUT2D eigenvalue weighted by atomic mass is 32.1. The molecule has 1 aliphatic rings. The summed E-state index contributed by atoms with van der Waals surface area (Å²) in [7, 11) is 0. The van der Waals surface area contributed by atoms with Gasteiger partial charge in [0.1, 0.15) is 5.82 Å². The number of hydrogen-bond acceptors (Lipinski definition) is 3. The summed E-state index contributed by atoms with van der Waals surface area (Å²) in [6, 6.07) is 4.88. The molecule has 132 valence electrons. The Labute approximate surface area is 142 Å². The van der Waals surface area contributed by atoms with Crippen LogP contribution >= 0.6 is 11.3 Å². The van der Waals surface area contributed by atoms with Gasteiger partial charge in [0.15, 0.2) is 12.1 Å². The molecule has 1 fully saturated rings. The van der Waals surface area contributed by atoms with Gasteiger partial charge in [-0.05, 0) is 12.5 Å². The van der Waals surface area contributed by atoms with Crippen molar-refractivity contribution in [3.8, 4) is 0 Å². The molecule has 4 rings (SSSR count). The summed E-state index contributed by atoms with van der Waals surface area (Å²) in [6.45, 7) is 0.857. The summed E-state index contributed by atoms with van der Waals surface area (Å²) in [5, 5.41) is 0.617. The van der Waals surface area contributed by atoms with Crippen molar-refractivity contribution in [3.63, 3.8) is 0 Å². The van der Waals surface area contributed by atoms with Gasteiger partial charge in [0.2, 0.25) is 0 Å². The molecule has 0 aliphatic carbocycles. The molecule has 0 amide bonds. The second-order valence-electron chi connectivity index (χ2n) is 5.68. The number of ether oxygens (including phenoxy) is 2. The lowest BCUT2D eigenvalue weighted by Crippen LogP contribution is -2.18. The van der Waals surface area contributed by atoms with Gasteiger partial charge in [-0.2, -0.15) is 13.2 Å². The predicted molar refractivity (Wildman–Crippen MR) is 83.5 cm³/mol. The highest BCUT2D eigenvalue weighted by Gasteiger charge is 2.35. The first kappa shape index (κ1) is 16.7. The van der Waals surface area contributed by atoms with E-state index in [0.29, 0.717) is 42.4 Å². The van der Waals surface area contributed by atoms with Crippen LogP contribution in [-0.4, -0.2) is 13.2 Å². The summed E-state index contributed by atoms with van der Waals surface area (Å²) < 4.78 is 78.4. The average molecular weight is 374 g/mol. The molecule has 0 atom stereocenters. The molecule has 8 heteroatoms. The van der Waals surface area contributed by atoms with E-state index >= 15 is 0 Å². The van der Waals surface area contributed by atoms with Crippen LogP contribution < -0.4 is 0 Å². The number of benzene rings is 2. The number of alkyl halides is 3. The van der Waals surface area contributed by atoms with E-state index in [1.165, 1.54) is 12.1 Å². The second-order valence-corrected chi connectivity index (χ2v) is 6.70. The zero-order chi connectivity index (χ0) is 17.8. The lowest BCUT2D eigenvalue weighted by Gasteiger charge is -2.23. The van der Waals surface area contributed by atoms with Crippen LogP contribution in [0.2, 0.25) is 0 Å². The number of halogens is 5. The first-order chi connectivity index (χ1) is 11.9. The molecular weight excluding hydrogens is 363 g/mol. The minimum absolute atomic E-state index is 0.0866. The SMILES string of the molecule is Fc1c(C2OCCCO2)ccc2c1sc1c(F)c(C(F)(F)F)ccc12. The maximum Gasteiger partial charge on any atom is 0.419 e. The number of hydrogen-bond donors (Lipinski definition) is 0. The molecule has 0 saturated carbocycles. The van der Waals surface area contributed by atoms with E-state index in [1.54, 1.807) is 6.07 Å². The zero-order valence-electron chi connectivity index (χ0n) is 12.6. The topological polar surface area (TPSA) is 18.5 Å². The third kappa shape index (κ3) is 2.68. The first-order valence-corrected chi connectivity index (χ1v) is 8.33. The molecule has 0 unspecified atom stereocenters. The van der Waals surface area contributed by atoms with Gasteiger partial charge < -0.3 is 9.47 Å². The molecule has 3 aromatic rings. The normalized spacial score (nSPS) is 16.8. The lowest BCUT2D eigenvalue weighted by molar-refractivity contribution is -0.184. The van der Waals surface area contributed by atoms with Crippen molar-refractivity contribution in [1.82, 2.24) is 0 Å². The van der Waals surface area contributed by atoms with Gasteiger partial charge in [-0.1, -0.05) is 18.2 Å². The van der Waals surface area contributed by atoms with E-state index in [-0.39, 0.29) is 20.3 Å². The second kappa shape index (κ2) is 5.89. The predicted octanol–water partition coefficient (Wildman–Crippen LogP) is 5.79. The van der Waals surface area contributed by atoms with E-state index in [9.17, 15) is 22.0 Å². The maximum absolute atomic E-state index is 14.9. The van der Waals surface area contributed by atoms with Gasteiger partial charge in [-0.15, -0.1) is 11.3 Å². The van der Waals surface area contributed by atoms with Crippen molar-refractivity contribution in [3.05, 3.63) is 47.0 Å². The van der Waals surface area contributed by atoms with Gasteiger partial charge in [0.25, 0.3) is 0 Å². The summed E-state index contributed by atoms with van der Waals surface area (Å²) in [5.41, 5.74) is -1.19. The summed E-state index contributed by atoms with van der Waals surface area (Å²) in [5.74, 6) is -2.03. The minimum atomic E-state index is -4.80. The summed E-state index contributed by atoms with van der Waals surface area (Å²) >= 11 is 0.662. The number of thiophene rings is 1. The highest BCUT2D eigenvalue weighted by molar-refractivity contribution is 7.25. The summed E-state index contributed by atoms with van der Waals surface area (Å²) in [6.07, 6.45) is -4.96. The van der Waals surface area contributed by atoms with Gasteiger partial charge in [-0.25, -0.2) is 8.78 Å². The number of rotatable bonds is 1. The molecule has 25 heavy (non-hydrogen) atoms. The van der Waals surface area contributed by atoms with Crippen LogP contribution in [0.1, 0.15) is 23.8 Å². The Kier molecular flexibility index (Phi) is 3.93. The van der Waals surface area contributed by atoms with Crippen LogP contribution in [0.3, 0.4) is 0 Å². The third-order valence-corrected chi connectivity index (χ3v) is 5.31. The smallest absolute Gasteiger partial charge is 0.348 e. The third-order valence-electron chi connectivity index (χ3n) is 4.10. The van der Waals surface area contributed by atoms with Crippen molar-refractivity contribution in [2.45, 2.75) is 18.9 Å². The Morgan fingerprint density at radius 3 is 2.12 bits per heavy atom. The molecule has 2 heterocycles. The standard InChI is InChI=1S/C17H11F5O2S/c18-12-10(16-23-6-1-7-24-16)3-2-8-9-4-5-11(17(20,21)22)13(19)15(9)25-14(8)12/h2-5,16H,1,6-7H2. The Bertz CT molecular complexity index is 957. The molecule has 0 spiro atoms. The molecular formula is C17H11F5O2S. The van der Waals surface area contributed by atoms with Gasteiger partial charge >= 0.3 is 6.18 Å². The fourth-order valence-corrected chi connectivity index (χ4v) is 4.11. The Morgan fingerprint density at radius 1 is 0.880 bits per heavy atom. The van der Waals surface area contributed by atoms with Crippen molar-refractivity contribution >= 4 is 31.5 Å². The van der Waals surface area contributed by atoms with Crippen LogP contribution in [0.5, 0.6) is 0 Å². The zero-order valence-corrected chi connectivity index (χ0v) is 13.4. The monoisotopic (exact) mass is 374 g/mol. The van der Waals surface area contributed by atoms with E-state index in [2.05, 4.69) is 0 Å². The van der Waals surface area contributed by atoms with E-state index in [4.69, 9.17) is 9.47 Å². The minimum Gasteiger partial charge on any atom is -0.348 e. The molecule has 2 nitrogen and oxygen atoms in total.